The highest BCUT2D eigenvalue weighted by Crippen LogP contribution is 2.08. The van der Waals surface area contributed by atoms with Crippen LogP contribution in [0.15, 0.2) is 12.5 Å². The summed E-state index contributed by atoms with van der Waals surface area (Å²) < 4.78 is 0. The van der Waals surface area contributed by atoms with Crippen molar-refractivity contribution in [3.63, 3.8) is 0 Å². The summed E-state index contributed by atoms with van der Waals surface area (Å²) in [4.78, 5) is 9.62. The Hall–Kier alpha value is -0.870. The summed E-state index contributed by atoms with van der Waals surface area (Å²) in [5, 5.41) is 3.68. The Labute approximate surface area is 91.1 Å². The minimum Gasteiger partial charge on any atom is -0.348 e. The fraction of sp³-hybridized carbons (Fsp3) is 0.727. The summed E-state index contributed by atoms with van der Waals surface area (Å²) in [5.41, 5.74) is 1.22. The molecule has 0 saturated carbocycles. The summed E-state index contributed by atoms with van der Waals surface area (Å²) in [6.07, 6.45) is 5.90. The van der Waals surface area contributed by atoms with E-state index < -0.39 is 0 Å². The lowest BCUT2D eigenvalue weighted by Gasteiger charge is -2.36. The van der Waals surface area contributed by atoms with Gasteiger partial charge in [-0.2, -0.15) is 0 Å². The zero-order chi connectivity index (χ0) is 10.7. The van der Waals surface area contributed by atoms with E-state index in [0.717, 1.165) is 19.5 Å². The van der Waals surface area contributed by atoms with E-state index in [9.17, 15) is 0 Å². The third-order valence-corrected chi connectivity index (χ3v) is 3.05. The van der Waals surface area contributed by atoms with Crippen LogP contribution in [-0.4, -0.2) is 47.1 Å². The van der Waals surface area contributed by atoms with Crippen molar-refractivity contribution in [2.45, 2.75) is 31.8 Å². The maximum atomic E-state index is 4.05. The van der Waals surface area contributed by atoms with Crippen LogP contribution in [0.2, 0.25) is 0 Å². The molecule has 2 rings (SSSR count). The molecule has 0 bridgehead atoms. The second-order valence-electron chi connectivity index (χ2n) is 4.47. The van der Waals surface area contributed by atoms with E-state index >= 15 is 0 Å². The number of H-pyrrole nitrogens is 1. The number of imidazole rings is 1. The molecular weight excluding hydrogens is 188 g/mol. The Bertz CT molecular complexity index is 283. The standard InChI is InChI=1S/C11H20N4/c1-3-9-6-15(2)7-11(14-9)4-10-5-12-8-13-10/h5,8-9,11,14H,3-4,6-7H2,1-2H3,(H,12,13)/t9?,11-/m0/s1. The summed E-state index contributed by atoms with van der Waals surface area (Å²) in [7, 11) is 2.20. The molecule has 1 aromatic heterocycles. The van der Waals surface area contributed by atoms with Crippen LogP contribution in [-0.2, 0) is 6.42 Å². The molecule has 0 amide bonds. The molecule has 0 aromatic carbocycles. The molecule has 84 valence electrons. The molecule has 0 spiro atoms. The fourth-order valence-corrected chi connectivity index (χ4v) is 2.30. The molecule has 0 radical (unpaired) electrons. The van der Waals surface area contributed by atoms with Crippen molar-refractivity contribution in [2.75, 3.05) is 20.1 Å². The number of hydrogen-bond donors (Lipinski definition) is 2. The van der Waals surface area contributed by atoms with Gasteiger partial charge < -0.3 is 15.2 Å². The maximum absolute atomic E-state index is 4.05. The van der Waals surface area contributed by atoms with Gasteiger partial charge in [-0.25, -0.2) is 4.98 Å². The summed E-state index contributed by atoms with van der Waals surface area (Å²) >= 11 is 0. The van der Waals surface area contributed by atoms with Crippen molar-refractivity contribution in [3.05, 3.63) is 18.2 Å². The molecule has 4 heteroatoms. The number of nitrogens with zero attached hydrogens (tertiary/aromatic N) is 2. The Morgan fingerprint density at radius 3 is 2.93 bits per heavy atom. The van der Waals surface area contributed by atoms with Crippen LogP contribution in [0.25, 0.3) is 0 Å². The predicted octanol–water partition coefficient (Wildman–Crippen LogP) is 0.634. The van der Waals surface area contributed by atoms with Crippen molar-refractivity contribution in [1.29, 1.82) is 0 Å². The largest absolute Gasteiger partial charge is 0.348 e. The highest BCUT2D eigenvalue weighted by molar-refractivity contribution is 4.99. The van der Waals surface area contributed by atoms with E-state index in [-0.39, 0.29) is 0 Å². The molecule has 1 aliphatic heterocycles. The molecule has 2 N–H and O–H groups in total. The van der Waals surface area contributed by atoms with Crippen LogP contribution in [0.4, 0.5) is 0 Å². The lowest BCUT2D eigenvalue weighted by atomic mass is 10.0. The van der Waals surface area contributed by atoms with Gasteiger partial charge >= 0.3 is 0 Å². The van der Waals surface area contributed by atoms with Crippen molar-refractivity contribution in [2.24, 2.45) is 0 Å². The molecule has 15 heavy (non-hydrogen) atoms. The highest BCUT2D eigenvalue weighted by Gasteiger charge is 2.23. The molecule has 1 fully saturated rings. The molecular formula is C11H20N4. The van der Waals surface area contributed by atoms with Crippen molar-refractivity contribution in [3.8, 4) is 0 Å². The quantitative estimate of drug-likeness (QED) is 0.766. The fourth-order valence-electron chi connectivity index (χ4n) is 2.30. The first kappa shape index (κ1) is 10.6. The number of aromatic amines is 1. The zero-order valence-corrected chi connectivity index (χ0v) is 9.53. The van der Waals surface area contributed by atoms with Crippen molar-refractivity contribution in [1.82, 2.24) is 20.2 Å². The van der Waals surface area contributed by atoms with Gasteiger partial charge in [0.1, 0.15) is 0 Å². The molecule has 1 aliphatic rings. The minimum absolute atomic E-state index is 0.550. The van der Waals surface area contributed by atoms with Crippen LogP contribution >= 0.6 is 0 Å². The lowest BCUT2D eigenvalue weighted by Crippen LogP contribution is -2.55. The van der Waals surface area contributed by atoms with Gasteiger partial charge in [0, 0.05) is 43.5 Å². The third kappa shape index (κ3) is 2.79. The van der Waals surface area contributed by atoms with Gasteiger partial charge in [0.25, 0.3) is 0 Å². The van der Waals surface area contributed by atoms with Gasteiger partial charge in [-0.3, -0.25) is 0 Å². The maximum Gasteiger partial charge on any atom is 0.0921 e. The Balaban J connectivity index is 1.91. The molecule has 0 aliphatic carbocycles. The molecule has 1 saturated heterocycles. The average molecular weight is 208 g/mol. The number of hydrogen-bond acceptors (Lipinski definition) is 3. The van der Waals surface area contributed by atoms with Crippen LogP contribution in [0.5, 0.6) is 0 Å². The molecule has 2 atom stereocenters. The van der Waals surface area contributed by atoms with Gasteiger partial charge in [0.2, 0.25) is 0 Å². The minimum atomic E-state index is 0.550. The topological polar surface area (TPSA) is 44.0 Å². The van der Waals surface area contributed by atoms with Gasteiger partial charge in [-0.15, -0.1) is 0 Å². The molecule has 1 unspecified atom stereocenters. The van der Waals surface area contributed by atoms with E-state index in [1.165, 1.54) is 12.1 Å². The SMILES string of the molecule is CCC1CN(C)C[C@H](Cc2cnc[nH]2)N1. The molecule has 4 nitrogen and oxygen atoms in total. The first-order valence-corrected chi connectivity index (χ1v) is 5.69. The number of likely N-dealkylation sites (N-methyl/N-ethyl adjacent to an activating group) is 1. The van der Waals surface area contributed by atoms with Crippen molar-refractivity contribution < 1.29 is 0 Å². The normalized spacial score (nSPS) is 28.1. The Morgan fingerprint density at radius 2 is 2.27 bits per heavy atom. The van der Waals surface area contributed by atoms with Crippen LogP contribution < -0.4 is 5.32 Å². The second kappa shape index (κ2) is 4.77. The number of piperazine rings is 1. The van der Waals surface area contributed by atoms with Crippen LogP contribution in [0.1, 0.15) is 19.0 Å². The zero-order valence-electron chi connectivity index (χ0n) is 9.53. The highest BCUT2D eigenvalue weighted by atomic mass is 15.2. The predicted molar refractivity (Wildman–Crippen MR) is 60.8 cm³/mol. The first-order chi connectivity index (χ1) is 7.28. The van der Waals surface area contributed by atoms with Crippen molar-refractivity contribution >= 4 is 0 Å². The van der Waals surface area contributed by atoms with E-state index in [1.807, 2.05) is 6.20 Å². The number of nitrogens with one attached hydrogen (secondary N) is 2. The molecule has 2 heterocycles. The average Bonchev–Trinajstić information content (AvgIpc) is 2.69. The van der Waals surface area contributed by atoms with Crippen LogP contribution in [0.3, 0.4) is 0 Å². The lowest BCUT2D eigenvalue weighted by molar-refractivity contribution is 0.187. The number of rotatable bonds is 3. The monoisotopic (exact) mass is 208 g/mol. The Kier molecular flexibility index (Phi) is 3.38. The Morgan fingerprint density at radius 1 is 1.47 bits per heavy atom. The third-order valence-electron chi connectivity index (χ3n) is 3.05. The van der Waals surface area contributed by atoms with E-state index in [0.29, 0.717) is 12.1 Å². The smallest absolute Gasteiger partial charge is 0.0921 e. The van der Waals surface area contributed by atoms with Gasteiger partial charge in [0.15, 0.2) is 0 Å². The van der Waals surface area contributed by atoms with E-state index in [1.54, 1.807) is 6.33 Å². The first-order valence-electron chi connectivity index (χ1n) is 5.69. The van der Waals surface area contributed by atoms with Gasteiger partial charge in [-0.1, -0.05) is 6.92 Å². The van der Waals surface area contributed by atoms with E-state index in [2.05, 4.69) is 34.2 Å². The summed E-state index contributed by atoms with van der Waals surface area (Å²) in [6.45, 7) is 4.52. The summed E-state index contributed by atoms with van der Waals surface area (Å²) in [5.74, 6) is 0. The number of aromatic nitrogens is 2. The van der Waals surface area contributed by atoms with Crippen LogP contribution in [0, 0.1) is 0 Å². The van der Waals surface area contributed by atoms with Gasteiger partial charge in [0.05, 0.1) is 6.33 Å². The van der Waals surface area contributed by atoms with E-state index in [4.69, 9.17) is 0 Å². The molecule has 1 aromatic rings. The second-order valence-corrected chi connectivity index (χ2v) is 4.47. The van der Waals surface area contributed by atoms with Gasteiger partial charge in [-0.05, 0) is 13.5 Å². The summed E-state index contributed by atoms with van der Waals surface area (Å²) in [6, 6.07) is 1.19.